The monoisotopic (exact) mass is 360 g/mol. The van der Waals surface area contributed by atoms with Crippen LogP contribution in [0.5, 0.6) is 0 Å². The van der Waals surface area contributed by atoms with Gasteiger partial charge in [0.05, 0.1) is 0 Å². The summed E-state index contributed by atoms with van der Waals surface area (Å²) in [5.41, 5.74) is 6.05. The summed E-state index contributed by atoms with van der Waals surface area (Å²) >= 11 is 0. The Morgan fingerprint density at radius 3 is 2.38 bits per heavy atom. The van der Waals surface area contributed by atoms with E-state index in [0.29, 0.717) is 18.7 Å². The van der Waals surface area contributed by atoms with Crippen molar-refractivity contribution in [1.29, 1.82) is 0 Å². The minimum absolute atomic E-state index is 0.238. The highest BCUT2D eigenvalue weighted by molar-refractivity contribution is 6.09. The molecular weight excluding hydrogens is 332 g/mol. The molecule has 142 valence electrons. The highest BCUT2D eigenvalue weighted by atomic mass is 16.2. The average molecular weight is 360 g/mol. The summed E-state index contributed by atoms with van der Waals surface area (Å²) in [5, 5.41) is 2.72. The van der Waals surface area contributed by atoms with Gasteiger partial charge >= 0.3 is 6.03 Å². The van der Waals surface area contributed by atoms with Crippen molar-refractivity contribution in [2.45, 2.75) is 33.2 Å². The van der Waals surface area contributed by atoms with E-state index in [9.17, 15) is 14.4 Å². The number of nitrogens with two attached hydrogens (primary N) is 1. The standard InChI is InChI=1S/C19H28N4O3/c1-13-6-8-14(9-7-13)19(4)16(25)23(17(26)21-19)10-15(24)22(5)12-18(2,3)11-20/h6-9H,10-12,20H2,1-5H3,(H,21,26). The minimum Gasteiger partial charge on any atom is -0.344 e. The molecule has 26 heavy (non-hydrogen) atoms. The highest BCUT2D eigenvalue weighted by Gasteiger charge is 2.49. The van der Waals surface area contributed by atoms with Gasteiger partial charge in [-0.3, -0.25) is 14.5 Å². The van der Waals surface area contributed by atoms with Gasteiger partial charge in [0.1, 0.15) is 12.1 Å². The van der Waals surface area contributed by atoms with E-state index in [1.165, 1.54) is 4.90 Å². The zero-order valence-corrected chi connectivity index (χ0v) is 16.1. The molecule has 0 aromatic heterocycles. The van der Waals surface area contributed by atoms with E-state index in [4.69, 9.17) is 5.73 Å². The fourth-order valence-electron chi connectivity index (χ4n) is 2.97. The number of urea groups is 1. The number of carbonyl (C=O) groups is 3. The summed E-state index contributed by atoms with van der Waals surface area (Å²) < 4.78 is 0. The number of rotatable bonds is 6. The summed E-state index contributed by atoms with van der Waals surface area (Å²) in [6.07, 6.45) is 0. The molecule has 1 fully saturated rings. The van der Waals surface area contributed by atoms with Gasteiger partial charge in [0.15, 0.2) is 0 Å². The molecule has 2 rings (SSSR count). The molecule has 1 heterocycles. The fourth-order valence-corrected chi connectivity index (χ4v) is 2.97. The summed E-state index contributed by atoms with van der Waals surface area (Å²) in [4.78, 5) is 40.2. The van der Waals surface area contributed by atoms with Gasteiger partial charge in [-0.25, -0.2) is 4.79 Å². The van der Waals surface area contributed by atoms with E-state index in [-0.39, 0.29) is 17.9 Å². The van der Waals surface area contributed by atoms with E-state index in [1.807, 2.05) is 45.0 Å². The molecule has 1 saturated heterocycles. The Bertz CT molecular complexity index is 714. The van der Waals surface area contributed by atoms with Gasteiger partial charge in [-0.05, 0) is 31.4 Å². The molecule has 4 amide bonds. The maximum atomic E-state index is 12.9. The Kier molecular flexibility index (Phi) is 5.41. The maximum Gasteiger partial charge on any atom is 0.325 e. The average Bonchev–Trinajstić information content (AvgIpc) is 2.79. The van der Waals surface area contributed by atoms with Gasteiger partial charge < -0.3 is 16.0 Å². The molecular formula is C19H28N4O3. The SMILES string of the molecule is Cc1ccc(C2(C)NC(=O)N(CC(=O)N(C)CC(C)(C)CN)C2=O)cc1. The van der Waals surface area contributed by atoms with Crippen LogP contribution in [-0.4, -0.2) is 54.3 Å². The lowest BCUT2D eigenvalue weighted by Crippen LogP contribution is -2.46. The van der Waals surface area contributed by atoms with E-state index in [2.05, 4.69) is 5.32 Å². The zero-order valence-electron chi connectivity index (χ0n) is 16.1. The van der Waals surface area contributed by atoms with Gasteiger partial charge in [-0.1, -0.05) is 43.7 Å². The molecule has 1 aliphatic rings. The van der Waals surface area contributed by atoms with Crippen molar-refractivity contribution in [2.24, 2.45) is 11.1 Å². The Hall–Kier alpha value is -2.41. The van der Waals surface area contributed by atoms with Crippen LogP contribution in [0.2, 0.25) is 0 Å². The van der Waals surface area contributed by atoms with Crippen molar-refractivity contribution in [3.63, 3.8) is 0 Å². The Balaban J connectivity index is 2.14. The third-order valence-corrected chi connectivity index (χ3v) is 4.84. The second-order valence-electron chi connectivity index (χ2n) is 7.93. The summed E-state index contributed by atoms with van der Waals surface area (Å²) in [6, 6.07) is 6.84. The molecule has 1 aromatic carbocycles. The van der Waals surface area contributed by atoms with Crippen LogP contribution in [0.4, 0.5) is 4.79 Å². The Morgan fingerprint density at radius 2 is 1.85 bits per heavy atom. The number of imide groups is 1. The van der Waals surface area contributed by atoms with Crippen molar-refractivity contribution in [3.8, 4) is 0 Å². The van der Waals surface area contributed by atoms with Crippen molar-refractivity contribution in [2.75, 3.05) is 26.7 Å². The zero-order chi connectivity index (χ0) is 19.7. The molecule has 1 aliphatic heterocycles. The number of benzene rings is 1. The Morgan fingerprint density at radius 1 is 1.27 bits per heavy atom. The molecule has 1 unspecified atom stereocenters. The second-order valence-corrected chi connectivity index (χ2v) is 7.93. The lowest BCUT2D eigenvalue weighted by atomic mass is 9.91. The topological polar surface area (TPSA) is 95.7 Å². The van der Waals surface area contributed by atoms with Crippen LogP contribution in [0.1, 0.15) is 31.9 Å². The summed E-state index contributed by atoms with van der Waals surface area (Å²) in [7, 11) is 1.65. The van der Waals surface area contributed by atoms with E-state index >= 15 is 0 Å². The third kappa shape index (κ3) is 3.88. The lowest BCUT2D eigenvalue weighted by molar-refractivity contribution is -0.138. The third-order valence-electron chi connectivity index (χ3n) is 4.84. The van der Waals surface area contributed by atoms with E-state index in [1.54, 1.807) is 14.0 Å². The van der Waals surface area contributed by atoms with Crippen molar-refractivity contribution >= 4 is 17.8 Å². The number of carbonyl (C=O) groups excluding carboxylic acids is 3. The minimum atomic E-state index is -1.17. The first-order valence-corrected chi connectivity index (χ1v) is 8.65. The molecule has 0 radical (unpaired) electrons. The van der Waals surface area contributed by atoms with Crippen LogP contribution in [0.3, 0.4) is 0 Å². The van der Waals surface area contributed by atoms with Gasteiger partial charge in [-0.15, -0.1) is 0 Å². The predicted octanol–water partition coefficient (Wildman–Crippen LogP) is 1.21. The van der Waals surface area contributed by atoms with Crippen molar-refractivity contribution in [1.82, 2.24) is 15.1 Å². The van der Waals surface area contributed by atoms with E-state index < -0.39 is 17.5 Å². The van der Waals surface area contributed by atoms with Crippen LogP contribution in [0.15, 0.2) is 24.3 Å². The van der Waals surface area contributed by atoms with Gasteiger partial charge in [0.25, 0.3) is 5.91 Å². The smallest absolute Gasteiger partial charge is 0.325 e. The number of nitrogens with one attached hydrogen (secondary N) is 1. The van der Waals surface area contributed by atoms with Gasteiger partial charge in [0, 0.05) is 13.6 Å². The molecule has 0 aliphatic carbocycles. The first kappa shape index (κ1) is 19.9. The van der Waals surface area contributed by atoms with Crippen LogP contribution in [-0.2, 0) is 15.1 Å². The van der Waals surface area contributed by atoms with Gasteiger partial charge in [0.2, 0.25) is 5.91 Å². The number of nitrogens with zero attached hydrogens (tertiary/aromatic N) is 2. The number of hydrogen-bond acceptors (Lipinski definition) is 4. The van der Waals surface area contributed by atoms with Crippen LogP contribution in [0, 0.1) is 12.3 Å². The summed E-state index contributed by atoms with van der Waals surface area (Å²) in [6.45, 7) is 8.11. The van der Waals surface area contributed by atoms with Crippen molar-refractivity contribution < 1.29 is 14.4 Å². The Labute approximate surface area is 154 Å². The first-order valence-electron chi connectivity index (χ1n) is 8.65. The van der Waals surface area contributed by atoms with Crippen LogP contribution >= 0.6 is 0 Å². The number of aryl methyl sites for hydroxylation is 1. The highest BCUT2D eigenvalue weighted by Crippen LogP contribution is 2.29. The predicted molar refractivity (Wildman–Crippen MR) is 99.2 cm³/mol. The quantitative estimate of drug-likeness (QED) is 0.745. The van der Waals surface area contributed by atoms with E-state index in [0.717, 1.165) is 10.5 Å². The molecule has 1 atom stereocenters. The van der Waals surface area contributed by atoms with Gasteiger partial charge in [-0.2, -0.15) is 0 Å². The fraction of sp³-hybridized carbons (Fsp3) is 0.526. The van der Waals surface area contributed by atoms with Crippen LogP contribution < -0.4 is 11.1 Å². The molecule has 0 bridgehead atoms. The molecule has 3 N–H and O–H groups in total. The molecule has 0 spiro atoms. The molecule has 0 saturated carbocycles. The number of hydrogen-bond donors (Lipinski definition) is 2. The van der Waals surface area contributed by atoms with Crippen LogP contribution in [0.25, 0.3) is 0 Å². The lowest BCUT2D eigenvalue weighted by Gasteiger charge is -2.30. The number of likely N-dealkylation sites (N-methyl/N-ethyl adjacent to an activating group) is 1. The molecule has 7 nitrogen and oxygen atoms in total. The first-order chi connectivity index (χ1) is 12.0. The molecule has 1 aromatic rings. The molecule has 7 heteroatoms. The maximum absolute atomic E-state index is 12.9. The summed E-state index contributed by atoms with van der Waals surface area (Å²) in [5.74, 6) is -0.727. The second kappa shape index (κ2) is 7.07. The van der Waals surface area contributed by atoms with Crippen molar-refractivity contribution in [3.05, 3.63) is 35.4 Å². The number of amides is 4. The normalized spacial score (nSPS) is 20.3. The largest absolute Gasteiger partial charge is 0.344 e.